The number of methoxy groups -OCH3 is 1. The number of fused-ring (bicyclic) bond motifs is 1. The van der Waals surface area contributed by atoms with Crippen LogP contribution < -0.4 is 5.56 Å². The van der Waals surface area contributed by atoms with Gasteiger partial charge in [-0.2, -0.15) is 0 Å². The Morgan fingerprint density at radius 1 is 1.25 bits per heavy atom. The van der Waals surface area contributed by atoms with Crippen LogP contribution in [0.3, 0.4) is 0 Å². The molecule has 2 aromatic heterocycles. The number of carbonyl (C=O) groups excluding carboxylic acids is 1. The Morgan fingerprint density at radius 3 is 2.46 bits per heavy atom. The van der Waals surface area contributed by atoms with Crippen LogP contribution in [-0.4, -0.2) is 23.0 Å². The second-order valence-corrected chi connectivity index (χ2v) is 8.91. The lowest BCUT2D eigenvalue weighted by atomic mass is 9.87. The maximum absolute atomic E-state index is 12.5. The molecule has 0 bridgehead atoms. The SMILES string of the molecule is COC(=O)c1sc2nc(/C(Cl)=C/c3ccc(C(C)(C)C)cc3)[nH]c(=O)c2c1C. The molecule has 0 fully saturated rings. The maximum atomic E-state index is 12.5. The fourth-order valence-electron chi connectivity index (χ4n) is 2.84. The maximum Gasteiger partial charge on any atom is 0.348 e. The molecule has 0 unspecified atom stereocenters. The van der Waals surface area contributed by atoms with Crippen molar-refractivity contribution < 1.29 is 9.53 Å². The van der Waals surface area contributed by atoms with Gasteiger partial charge in [0.1, 0.15) is 9.71 Å². The number of aromatic nitrogens is 2. The van der Waals surface area contributed by atoms with Crippen molar-refractivity contribution in [3.8, 4) is 0 Å². The highest BCUT2D eigenvalue weighted by Crippen LogP contribution is 2.29. The molecular formula is C21H21ClN2O3S. The normalized spacial score (nSPS) is 12.4. The van der Waals surface area contributed by atoms with E-state index in [1.807, 2.05) is 12.1 Å². The zero-order chi connectivity index (χ0) is 20.6. The van der Waals surface area contributed by atoms with Gasteiger partial charge in [-0.25, -0.2) is 9.78 Å². The second-order valence-electron chi connectivity index (χ2n) is 7.51. The zero-order valence-electron chi connectivity index (χ0n) is 16.3. The number of hydrogen-bond donors (Lipinski definition) is 1. The van der Waals surface area contributed by atoms with Crippen molar-refractivity contribution in [1.82, 2.24) is 9.97 Å². The number of ether oxygens (including phenoxy) is 1. The van der Waals surface area contributed by atoms with E-state index >= 15 is 0 Å². The average Bonchev–Trinajstić information content (AvgIpc) is 2.97. The first kappa shape index (κ1) is 20.3. The number of esters is 1. The van der Waals surface area contributed by atoms with Crippen molar-refractivity contribution in [2.45, 2.75) is 33.1 Å². The van der Waals surface area contributed by atoms with Crippen LogP contribution in [0.25, 0.3) is 21.3 Å². The molecule has 1 aromatic carbocycles. The Kier molecular flexibility index (Phi) is 5.46. The summed E-state index contributed by atoms with van der Waals surface area (Å²) in [5, 5.41) is 0.696. The van der Waals surface area contributed by atoms with E-state index in [2.05, 4.69) is 42.9 Å². The minimum atomic E-state index is -0.484. The highest BCUT2D eigenvalue weighted by Gasteiger charge is 2.20. The topological polar surface area (TPSA) is 72.0 Å². The molecule has 146 valence electrons. The molecule has 2 heterocycles. The lowest BCUT2D eigenvalue weighted by Gasteiger charge is -2.18. The predicted molar refractivity (Wildman–Crippen MR) is 115 cm³/mol. The van der Waals surface area contributed by atoms with Crippen molar-refractivity contribution in [1.29, 1.82) is 0 Å². The minimum Gasteiger partial charge on any atom is -0.465 e. The van der Waals surface area contributed by atoms with E-state index in [1.54, 1.807) is 13.0 Å². The quantitative estimate of drug-likeness (QED) is 0.602. The number of thiophene rings is 1. The van der Waals surface area contributed by atoms with Gasteiger partial charge in [0.15, 0.2) is 5.82 Å². The Balaban J connectivity index is 2.02. The van der Waals surface area contributed by atoms with E-state index in [4.69, 9.17) is 16.3 Å². The van der Waals surface area contributed by atoms with E-state index in [-0.39, 0.29) is 16.8 Å². The monoisotopic (exact) mass is 416 g/mol. The number of aromatic amines is 1. The number of benzene rings is 1. The summed E-state index contributed by atoms with van der Waals surface area (Å²) in [5.41, 5.74) is 2.41. The summed E-state index contributed by atoms with van der Waals surface area (Å²) in [6, 6.07) is 8.07. The standard InChI is InChI=1S/C21H21ClN2O3S/c1-11-15-18(25)23-17(24-19(15)28-16(11)20(26)27-5)14(22)10-12-6-8-13(9-7-12)21(2,3)4/h6-10H,1-5H3,(H,23,24,25)/b14-10-. The number of nitrogens with zero attached hydrogens (tertiary/aromatic N) is 1. The van der Waals surface area contributed by atoms with Gasteiger partial charge < -0.3 is 9.72 Å². The lowest BCUT2D eigenvalue weighted by molar-refractivity contribution is 0.0605. The van der Waals surface area contributed by atoms with Crippen LogP contribution in [0.15, 0.2) is 29.1 Å². The summed E-state index contributed by atoms with van der Waals surface area (Å²) in [6.07, 6.45) is 1.75. The molecule has 0 aliphatic heterocycles. The molecule has 0 atom stereocenters. The highest BCUT2D eigenvalue weighted by molar-refractivity contribution is 7.20. The number of carbonyl (C=O) groups is 1. The van der Waals surface area contributed by atoms with Crippen LogP contribution in [0.1, 0.15) is 53.0 Å². The minimum absolute atomic E-state index is 0.0677. The molecule has 28 heavy (non-hydrogen) atoms. The smallest absolute Gasteiger partial charge is 0.348 e. The van der Waals surface area contributed by atoms with E-state index < -0.39 is 5.97 Å². The van der Waals surface area contributed by atoms with E-state index in [0.29, 0.717) is 25.7 Å². The summed E-state index contributed by atoms with van der Waals surface area (Å²) >= 11 is 7.54. The van der Waals surface area contributed by atoms with Gasteiger partial charge in [0.25, 0.3) is 5.56 Å². The number of nitrogens with one attached hydrogen (secondary N) is 1. The summed E-state index contributed by atoms with van der Waals surface area (Å²) in [7, 11) is 1.31. The molecule has 0 radical (unpaired) electrons. The van der Waals surface area contributed by atoms with Crippen molar-refractivity contribution in [3.63, 3.8) is 0 Å². The molecule has 5 nitrogen and oxygen atoms in total. The second kappa shape index (κ2) is 7.53. The third kappa shape index (κ3) is 3.88. The number of halogens is 1. The van der Waals surface area contributed by atoms with Gasteiger partial charge in [0.2, 0.25) is 0 Å². The fraction of sp³-hybridized carbons (Fsp3) is 0.286. The first-order valence-electron chi connectivity index (χ1n) is 8.71. The van der Waals surface area contributed by atoms with Crippen molar-refractivity contribution in [2.24, 2.45) is 0 Å². The van der Waals surface area contributed by atoms with E-state index in [1.165, 1.54) is 12.7 Å². The predicted octanol–water partition coefficient (Wildman–Crippen LogP) is 5.11. The highest BCUT2D eigenvalue weighted by atomic mass is 35.5. The lowest BCUT2D eigenvalue weighted by Crippen LogP contribution is -2.11. The number of H-pyrrole nitrogens is 1. The first-order valence-corrected chi connectivity index (χ1v) is 9.91. The molecule has 3 rings (SSSR count). The molecule has 7 heteroatoms. The third-order valence-corrected chi connectivity index (χ3v) is 5.92. The molecule has 0 spiro atoms. The molecule has 1 N–H and O–H groups in total. The molecule has 3 aromatic rings. The average molecular weight is 417 g/mol. The van der Waals surface area contributed by atoms with Gasteiger partial charge in [-0.15, -0.1) is 11.3 Å². The number of hydrogen-bond acceptors (Lipinski definition) is 5. The van der Waals surface area contributed by atoms with Gasteiger partial charge in [-0.05, 0) is 35.1 Å². The molecule has 0 amide bonds. The summed E-state index contributed by atoms with van der Waals surface area (Å²) in [5.74, 6) is -0.223. The molecular weight excluding hydrogens is 396 g/mol. The van der Waals surface area contributed by atoms with E-state index in [0.717, 1.165) is 16.9 Å². The van der Waals surface area contributed by atoms with Gasteiger partial charge in [-0.3, -0.25) is 4.79 Å². The Labute approximate surface area is 172 Å². The van der Waals surface area contributed by atoms with Gasteiger partial charge in [0.05, 0.1) is 17.5 Å². The van der Waals surface area contributed by atoms with Gasteiger partial charge >= 0.3 is 5.97 Å². The van der Waals surface area contributed by atoms with Crippen molar-refractivity contribution in [3.05, 3.63) is 62.0 Å². The van der Waals surface area contributed by atoms with Crippen LogP contribution >= 0.6 is 22.9 Å². The Morgan fingerprint density at radius 2 is 1.89 bits per heavy atom. The van der Waals surface area contributed by atoms with Gasteiger partial charge in [-0.1, -0.05) is 56.6 Å². The first-order chi connectivity index (χ1) is 13.1. The van der Waals surface area contributed by atoms with Crippen molar-refractivity contribution in [2.75, 3.05) is 7.11 Å². The Hall–Kier alpha value is -2.44. The third-order valence-electron chi connectivity index (χ3n) is 4.47. The van der Waals surface area contributed by atoms with Crippen LogP contribution in [-0.2, 0) is 10.2 Å². The molecule has 0 saturated heterocycles. The van der Waals surface area contributed by atoms with Crippen molar-refractivity contribution >= 4 is 50.2 Å². The molecule has 0 aliphatic carbocycles. The number of rotatable bonds is 3. The van der Waals surface area contributed by atoms with E-state index in [9.17, 15) is 9.59 Å². The van der Waals surface area contributed by atoms with Crippen LogP contribution in [0.5, 0.6) is 0 Å². The molecule has 0 saturated carbocycles. The summed E-state index contributed by atoms with van der Waals surface area (Å²) < 4.78 is 4.77. The fourth-order valence-corrected chi connectivity index (χ4v) is 4.15. The largest absolute Gasteiger partial charge is 0.465 e. The van der Waals surface area contributed by atoms with Crippen LogP contribution in [0.2, 0.25) is 0 Å². The van der Waals surface area contributed by atoms with Crippen LogP contribution in [0, 0.1) is 6.92 Å². The Bertz CT molecular complexity index is 1140. The zero-order valence-corrected chi connectivity index (χ0v) is 17.9. The summed E-state index contributed by atoms with van der Waals surface area (Å²) in [6.45, 7) is 8.16. The van der Waals surface area contributed by atoms with Crippen LogP contribution in [0.4, 0.5) is 0 Å². The number of aryl methyl sites for hydroxylation is 1. The summed E-state index contributed by atoms with van der Waals surface area (Å²) in [4.78, 5) is 32.4. The molecule has 0 aliphatic rings. The van der Waals surface area contributed by atoms with Gasteiger partial charge in [0, 0.05) is 0 Å².